The van der Waals surface area contributed by atoms with E-state index in [0.29, 0.717) is 47.0 Å². The fourth-order valence-electron chi connectivity index (χ4n) is 4.37. The van der Waals surface area contributed by atoms with Gasteiger partial charge in [-0.15, -0.1) is 0 Å². The predicted octanol–water partition coefficient (Wildman–Crippen LogP) is 9.77. The minimum Gasteiger partial charge on any atom is -0.493 e. The molecular weight excluding hydrogens is 504 g/mol. The number of hydrogen-bond acceptors (Lipinski definition) is 2. The molecule has 0 radical (unpaired) electrons. The molecule has 0 aromatic heterocycles. The Morgan fingerprint density at radius 1 is 0.410 bits per heavy atom. The molecule has 39 heavy (non-hydrogen) atoms. The third-order valence-corrected chi connectivity index (χ3v) is 6.52. The maximum absolute atomic E-state index is 14.4. The first-order valence-corrected chi connectivity index (χ1v) is 13.4. The number of hydrogen-bond donors (Lipinski definition) is 0. The second-order valence-electron chi connectivity index (χ2n) is 9.47. The summed E-state index contributed by atoms with van der Waals surface area (Å²) in [5.74, 6) is -0.514. The molecule has 0 unspecified atom stereocenters. The standard InChI is InChI=1S/C33H32F4O2/c34-26-12-8-24(9-13-26)30-18-16-28(22-32(30)36)38-20-6-4-2-1-3-5-7-21-39-29-17-19-31(33(37)23-29)25-10-14-27(35)15-11-25/h8-19,22-23H,1-7,20-21H2. The van der Waals surface area contributed by atoms with Crippen molar-refractivity contribution in [1.29, 1.82) is 0 Å². The van der Waals surface area contributed by atoms with Crippen molar-refractivity contribution in [3.05, 3.63) is 108 Å². The van der Waals surface area contributed by atoms with Crippen LogP contribution in [-0.4, -0.2) is 13.2 Å². The second-order valence-corrected chi connectivity index (χ2v) is 9.47. The van der Waals surface area contributed by atoms with Crippen LogP contribution < -0.4 is 9.47 Å². The molecule has 0 fully saturated rings. The highest BCUT2D eigenvalue weighted by Gasteiger charge is 2.08. The lowest BCUT2D eigenvalue weighted by molar-refractivity contribution is 0.298. The molecule has 0 N–H and O–H groups in total. The fourth-order valence-corrected chi connectivity index (χ4v) is 4.37. The van der Waals surface area contributed by atoms with E-state index in [9.17, 15) is 17.6 Å². The van der Waals surface area contributed by atoms with E-state index in [4.69, 9.17) is 9.47 Å². The first-order chi connectivity index (χ1) is 19.0. The predicted molar refractivity (Wildman–Crippen MR) is 147 cm³/mol. The third kappa shape index (κ3) is 8.60. The zero-order valence-corrected chi connectivity index (χ0v) is 21.8. The van der Waals surface area contributed by atoms with E-state index in [2.05, 4.69) is 0 Å². The van der Waals surface area contributed by atoms with Gasteiger partial charge >= 0.3 is 0 Å². The smallest absolute Gasteiger partial charge is 0.134 e. The summed E-state index contributed by atoms with van der Waals surface area (Å²) in [6.45, 7) is 1.05. The summed E-state index contributed by atoms with van der Waals surface area (Å²) in [6.07, 6.45) is 7.16. The largest absolute Gasteiger partial charge is 0.493 e. The molecule has 0 heterocycles. The van der Waals surface area contributed by atoms with Gasteiger partial charge < -0.3 is 9.47 Å². The van der Waals surface area contributed by atoms with Gasteiger partial charge in [-0.3, -0.25) is 0 Å². The monoisotopic (exact) mass is 536 g/mol. The van der Waals surface area contributed by atoms with Crippen molar-refractivity contribution in [2.24, 2.45) is 0 Å². The topological polar surface area (TPSA) is 18.5 Å². The van der Waals surface area contributed by atoms with Crippen molar-refractivity contribution in [1.82, 2.24) is 0 Å². The van der Waals surface area contributed by atoms with E-state index >= 15 is 0 Å². The van der Waals surface area contributed by atoms with Crippen LogP contribution in [0.25, 0.3) is 22.3 Å². The van der Waals surface area contributed by atoms with Gasteiger partial charge in [-0.1, -0.05) is 56.4 Å². The lowest BCUT2D eigenvalue weighted by Crippen LogP contribution is -1.99. The van der Waals surface area contributed by atoms with E-state index in [1.165, 1.54) is 36.4 Å². The third-order valence-electron chi connectivity index (χ3n) is 6.52. The van der Waals surface area contributed by atoms with Gasteiger partial charge in [0.15, 0.2) is 0 Å². The van der Waals surface area contributed by atoms with E-state index in [1.807, 2.05) is 0 Å². The molecule has 204 valence electrons. The van der Waals surface area contributed by atoms with E-state index in [1.54, 1.807) is 48.5 Å². The van der Waals surface area contributed by atoms with E-state index in [-0.39, 0.29) is 11.6 Å². The maximum atomic E-state index is 14.4. The molecular formula is C33H32F4O2. The Labute approximate surface area is 227 Å². The van der Waals surface area contributed by atoms with Crippen LogP contribution >= 0.6 is 0 Å². The highest BCUT2D eigenvalue weighted by Crippen LogP contribution is 2.28. The molecule has 4 rings (SSSR count). The average molecular weight is 537 g/mol. The lowest BCUT2D eigenvalue weighted by Gasteiger charge is -2.09. The van der Waals surface area contributed by atoms with E-state index in [0.717, 1.165) is 44.9 Å². The summed E-state index contributed by atoms with van der Waals surface area (Å²) in [5, 5.41) is 0. The van der Waals surface area contributed by atoms with Gasteiger partial charge in [0.25, 0.3) is 0 Å². The van der Waals surface area contributed by atoms with E-state index < -0.39 is 11.6 Å². The Bertz CT molecular complexity index is 1220. The van der Waals surface area contributed by atoms with Crippen LogP contribution in [0.1, 0.15) is 44.9 Å². The number of rotatable bonds is 14. The highest BCUT2D eigenvalue weighted by molar-refractivity contribution is 5.65. The minimum atomic E-state index is -0.393. The molecule has 4 aromatic rings. The van der Waals surface area contributed by atoms with Crippen molar-refractivity contribution in [3.63, 3.8) is 0 Å². The van der Waals surface area contributed by atoms with Gasteiger partial charge in [0.2, 0.25) is 0 Å². The summed E-state index contributed by atoms with van der Waals surface area (Å²) in [7, 11) is 0. The Hall–Kier alpha value is -3.80. The molecule has 6 heteroatoms. The summed E-state index contributed by atoms with van der Waals surface area (Å²) < 4.78 is 66.4. The first-order valence-electron chi connectivity index (χ1n) is 13.4. The molecule has 0 aliphatic rings. The van der Waals surface area contributed by atoms with Crippen LogP contribution in [0.2, 0.25) is 0 Å². The van der Waals surface area contributed by atoms with Crippen molar-refractivity contribution in [2.75, 3.05) is 13.2 Å². The van der Waals surface area contributed by atoms with Gasteiger partial charge in [0.05, 0.1) is 13.2 Å². The Kier molecular flexibility index (Phi) is 10.4. The second kappa shape index (κ2) is 14.4. The van der Waals surface area contributed by atoms with Crippen molar-refractivity contribution in [2.45, 2.75) is 44.9 Å². The molecule has 0 saturated carbocycles. The number of ether oxygens (including phenoxy) is 2. The molecule has 0 bridgehead atoms. The van der Waals surface area contributed by atoms with Gasteiger partial charge in [0, 0.05) is 23.3 Å². The molecule has 0 spiro atoms. The molecule has 0 amide bonds. The minimum absolute atomic E-state index is 0.353. The summed E-state index contributed by atoms with van der Waals surface area (Å²) in [5.41, 5.74) is 2.08. The van der Waals surface area contributed by atoms with Crippen molar-refractivity contribution >= 4 is 0 Å². The molecule has 0 saturated heterocycles. The Balaban J connectivity index is 1.04. The zero-order valence-electron chi connectivity index (χ0n) is 21.8. The van der Waals surface area contributed by atoms with Crippen molar-refractivity contribution < 1.29 is 27.0 Å². The SMILES string of the molecule is Fc1ccc(-c2ccc(OCCCCCCCCCOc3ccc(-c4ccc(F)cc4)c(F)c3)cc2F)cc1. The Morgan fingerprint density at radius 2 is 0.769 bits per heavy atom. The van der Waals surface area contributed by atoms with Crippen LogP contribution in [0.3, 0.4) is 0 Å². The molecule has 4 aromatic carbocycles. The average Bonchev–Trinajstić information content (AvgIpc) is 2.93. The number of unbranched alkanes of at least 4 members (excludes halogenated alkanes) is 6. The molecule has 2 nitrogen and oxygen atoms in total. The molecule has 0 atom stereocenters. The van der Waals surface area contributed by atoms with Crippen LogP contribution in [0, 0.1) is 23.3 Å². The molecule has 0 aliphatic heterocycles. The summed E-state index contributed by atoms with van der Waals surface area (Å²) >= 11 is 0. The number of halogens is 4. The van der Waals surface area contributed by atoms with Gasteiger partial charge in [-0.05, 0) is 72.5 Å². The van der Waals surface area contributed by atoms with Gasteiger partial charge in [-0.25, -0.2) is 17.6 Å². The van der Waals surface area contributed by atoms with Gasteiger partial charge in [0.1, 0.15) is 34.8 Å². The zero-order chi connectivity index (χ0) is 27.5. The lowest BCUT2D eigenvalue weighted by atomic mass is 10.1. The van der Waals surface area contributed by atoms with Gasteiger partial charge in [-0.2, -0.15) is 0 Å². The van der Waals surface area contributed by atoms with Crippen molar-refractivity contribution in [3.8, 4) is 33.8 Å². The maximum Gasteiger partial charge on any atom is 0.134 e. The summed E-state index contributed by atoms with van der Waals surface area (Å²) in [4.78, 5) is 0. The van der Waals surface area contributed by atoms with Crippen LogP contribution in [0.15, 0.2) is 84.9 Å². The number of benzene rings is 4. The van der Waals surface area contributed by atoms with Crippen LogP contribution in [0.4, 0.5) is 17.6 Å². The first kappa shape index (κ1) is 28.2. The normalized spacial score (nSPS) is 11.0. The summed E-state index contributed by atoms with van der Waals surface area (Å²) in [6, 6.07) is 21.0. The quantitative estimate of drug-likeness (QED) is 0.118. The van der Waals surface area contributed by atoms with Crippen LogP contribution in [0.5, 0.6) is 11.5 Å². The fraction of sp³-hybridized carbons (Fsp3) is 0.273. The highest BCUT2D eigenvalue weighted by atomic mass is 19.1. The molecule has 0 aliphatic carbocycles. The van der Waals surface area contributed by atoms with Crippen LogP contribution in [-0.2, 0) is 0 Å². The Morgan fingerprint density at radius 3 is 1.13 bits per heavy atom.